The smallest absolute Gasteiger partial charge is 0.242 e. The first-order valence-electron chi connectivity index (χ1n) is 6.82. The van der Waals surface area contributed by atoms with Crippen LogP contribution in [0, 0.1) is 11.6 Å². The molecule has 0 radical (unpaired) electrons. The van der Waals surface area contributed by atoms with Crippen LogP contribution in [0.5, 0.6) is 0 Å². The molecule has 1 saturated heterocycles. The molecule has 0 aliphatic carbocycles. The Hall–Kier alpha value is -1.49. The number of rotatable bonds is 3. The number of benzene rings is 1. The monoisotopic (exact) mass is 282 g/mol. The number of nitrogens with zero attached hydrogens (tertiary/aromatic N) is 1. The van der Waals surface area contributed by atoms with Crippen molar-refractivity contribution in [3.63, 3.8) is 0 Å². The molecule has 3 nitrogen and oxygen atoms in total. The van der Waals surface area contributed by atoms with Crippen molar-refractivity contribution in [1.82, 2.24) is 10.2 Å². The van der Waals surface area contributed by atoms with Gasteiger partial charge in [-0.3, -0.25) is 4.79 Å². The second-order valence-corrected chi connectivity index (χ2v) is 5.63. The third kappa shape index (κ3) is 2.68. The van der Waals surface area contributed by atoms with Gasteiger partial charge in [0.05, 0.1) is 11.6 Å². The summed E-state index contributed by atoms with van der Waals surface area (Å²) >= 11 is 0. The van der Waals surface area contributed by atoms with Gasteiger partial charge in [0, 0.05) is 7.05 Å². The summed E-state index contributed by atoms with van der Waals surface area (Å²) in [4.78, 5) is 14.1. The molecule has 2 rings (SSSR count). The molecule has 20 heavy (non-hydrogen) atoms. The molecular weight excluding hydrogens is 262 g/mol. The molecule has 0 bridgehead atoms. The number of halogens is 2. The van der Waals surface area contributed by atoms with Gasteiger partial charge in [-0.05, 0) is 50.9 Å². The average Bonchev–Trinajstić information content (AvgIpc) is 2.87. The third-order valence-corrected chi connectivity index (χ3v) is 4.17. The van der Waals surface area contributed by atoms with E-state index in [9.17, 15) is 13.6 Å². The van der Waals surface area contributed by atoms with Gasteiger partial charge in [-0.1, -0.05) is 6.07 Å². The molecule has 1 N–H and O–H groups in total. The Bertz CT molecular complexity index is 513. The van der Waals surface area contributed by atoms with Crippen LogP contribution in [-0.4, -0.2) is 29.9 Å². The Labute approximate surface area is 118 Å². The van der Waals surface area contributed by atoms with Crippen molar-refractivity contribution >= 4 is 5.91 Å². The highest BCUT2D eigenvalue weighted by molar-refractivity contribution is 5.86. The fourth-order valence-corrected chi connectivity index (χ4v) is 2.64. The number of carbonyl (C=O) groups excluding carboxylic acids is 1. The zero-order valence-corrected chi connectivity index (χ0v) is 12.0. The third-order valence-electron chi connectivity index (χ3n) is 4.17. The predicted molar refractivity (Wildman–Crippen MR) is 73.2 cm³/mol. The summed E-state index contributed by atoms with van der Waals surface area (Å²) in [5, 5.41) is 3.22. The molecule has 110 valence electrons. The Morgan fingerprint density at radius 1 is 1.40 bits per heavy atom. The summed E-state index contributed by atoms with van der Waals surface area (Å²) in [5.41, 5.74) is 0.0306. The number of likely N-dealkylation sites (N-methyl/N-ethyl adjacent to an activating group) is 1. The van der Waals surface area contributed by atoms with Gasteiger partial charge in [0.25, 0.3) is 0 Å². The highest BCUT2D eigenvalue weighted by atomic mass is 19.2. The average molecular weight is 282 g/mol. The molecule has 1 aromatic carbocycles. The van der Waals surface area contributed by atoms with Gasteiger partial charge in [-0.2, -0.15) is 0 Å². The quantitative estimate of drug-likeness (QED) is 0.924. The first kappa shape index (κ1) is 14.9. The van der Waals surface area contributed by atoms with Crippen LogP contribution in [0.15, 0.2) is 18.2 Å². The topological polar surface area (TPSA) is 32.3 Å². The maximum Gasteiger partial charge on any atom is 0.242 e. The lowest BCUT2D eigenvalue weighted by Gasteiger charge is -2.33. The van der Waals surface area contributed by atoms with Crippen molar-refractivity contribution in [2.24, 2.45) is 0 Å². The molecule has 1 aromatic rings. The van der Waals surface area contributed by atoms with Crippen molar-refractivity contribution in [3.05, 3.63) is 35.4 Å². The fraction of sp³-hybridized carbons (Fsp3) is 0.533. The van der Waals surface area contributed by atoms with Crippen LogP contribution in [0.2, 0.25) is 0 Å². The van der Waals surface area contributed by atoms with E-state index in [1.165, 1.54) is 6.07 Å². The highest BCUT2D eigenvalue weighted by Crippen LogP contribution is 2.27. The summed E-state index contributed by atoms with van der Waals surface area (Å²) < 4.78 is 26.3. The first-order valence-corrected chi connectivity index (χ1v) is 6.82. The highest BCUT2D eigenvalue weighted by Gasteiger charge is 2.39. The van der Waals surface area contributed by atoms with Crippen LogP contribution < -0.4 is 5.32 Å². The minimum Gasteiger partial charge on any atom is -0.337 e. The number of amides is 1. The van der Waals surface area contributed by atoms with Crippen LogP contribution in [0.25, 0.3) is 0 Å². The van der Waals surface area contributed by atoms with E-state index in [0.717, 1.165) is 31.5 Å². The van der Waals surface area contributed by atoms with Crippen molar-refractivity contribution in [2.75, 3.05) is 13.6 Å². The lowest BCUT2D eigenvalue weighted by atomic mass is 9.96. The maximum atomic E-state index is 13.3. The van der Waals surface area contributed by atoms with Gasteiger partial charge in [-0.25, -0.2) is 8.78 Å². The summed E-state index contributed by atoms with van der Waals surface area (Å²) in [7, 11) is 1.69. The minimum atomic E-state index is -0.889. The molecule has 1 aliphatic heterocycles. The van der Waals surface area contributed by atoms with Crippen LogP contribution in [0.1, 0.15) is 38.3 Å². The van der Waals surface area contributed by atoms with Gasteiger partial charge >= 0.3 is 0 Å². The molecule has 1 amide bonds. The fourth-order valence-electron chi connectivity index (χ4n) is 2.64. The van der Waals surface area contributed by atoms with Crippen LogP contribution in [0.3, 0.4) is 0 Å². The molecule has 5 heteroatoms. The largest absolute Gasteiger partial charge is 0.337 e. The molecule has 2 atom stereocenters. The van der Waals surface area contributed by atoms with Crippen LogP contribution in [-0.2, 0) is 4.79 Å². The van der Waals surface area contributed by atoms with Crippen molar-refractivity contribution in [1.29, 1.82) is 0 Å². The minimum absolute atomic E-state index is 0.0211. The molecule has 1 fully saturated rings. The Kier molecular flexibility index (Phi) is 4.09. The maximum absolute atomic E-state index is 13.3. The Morgan fingerprint density at radius 2 is 2.10 bits per heavy atom. The van der Waals surface area contributed by atoms with E-state index < -0.39 is 17.2 Å². The van der Waals surface area contributed by atoms with Crippen LogP contribution in [0.4, 0.5) is 8.78 Å². The number of hydrogen-bond acceptors (Lipinski definition) is 2. The molecular formula is C15H20F2N2O. The Morgan fingerprint density at radius 3 is 2.65 bits per heavy atom. The van der Waals surface area contributed by atoms with E-state index in [1.54, 1.807) is 11.9 Å². The molecule has 2 unspecified atom stereocenters. The molecule has 0 spiro atoms. The molecule has 0 aromatic heterocycles. The van der Waals surface area contributed by atoms with Gasteiger partial charge in [0.15, 0.2) is 11.6 Å². The Balaban J connectivity index is 2.17. The summed E-state index contributed by atoms with van der Waals surface area (Å²) in [5.74, 6) is -1.79. The second kappa shape index (κ2) is 5.48. The first-order chi connectivity index (χ1) is 9.35. The number of nitrogens with one attached hydrogen (secondary N) is 1. The number of hydrogen-bond donors (Lipinski definition) is 1. The van der Waals surface area contributed by atoms with Gasteiger partial charge < -0.3 is 10.2 Å². The van der Waals surface area contributed by atoms with E-state index in [0.29, 0.717) is 5.56 Å². The zero-order valence-electron chi connectivity index (χ0n) is 12.0. The predicted octanol–water partition coefficient (Wildman–Crippen LogP) is 2.63. The normalized spacial score (nSPS) is 23.6. The number of carbonyl (C=O) groups is 1. The summed E-state index contributed by atoms with van der Waals surface area (Å²) in [6.07, 6.45) is 1.76. The van der Waals surface area contributed by atoms with Crippen molar-refractivity contribution in [2.45, 2.75) is 38.3 Å². The standard InChI is InChI=1S/C15H20F2N2O/c1-10(11-5-6-12(16)13(17)9-11)19(3)14(20)15(2)7-4-8-18-15/h5-6,9-10,18H,4,7-8H2,1-3H3. The second-order valence-electron chi connectivity index (χ2n) is 5.63. The van der Waals surface area contributed by atoms with E-state index in [2.05, 4.69) is 5.32 Å². The van der Waals surface area contributed by atoms with E-state index >= 15 is 0 Å². The van der Waals surface area contributed by atoms with E-state index in [1.807, 2.05) is 13.8 Å². The van der Waals surface area contributed by atoms with Gasteiger partial charge in [-0.15, -0.1) is 0 Å². The van der Waals surface area contributed by atoms with Crippen molar-refractivity contribution in [3.8, 4) is 0 Å². The summed E-state index contributed by atoms with van der Waals surface area (Å²) in [6.45, 7) is 4.52. The molecule has 1 aliphatic rings. The van der Waals surface area contributed by atoms with E-state index in [4.69, 9.17) is 0 Å². The van der Waals surface area contributed by atoms with Gasteiger partial charge in [0.2, 0.25) is 5.91 Å². The van der Waals surface area contributed by atoms with Gasteiger partial charge in [0.1, 0.15) is 0 Å². The SMILES string of the molecule is CC(c1ccc(F)c(F)c1)N(C)C(=O)C1(C)CCCN1. The van der Waals surface area contributed by atoms with Crippen molar-refractivity contribution < 1.29 is 13.6 Å². The lowest BCUT2D eigenvalue weighted by Crippen LogP contribution is -2.52. The lowest BCUT2D eigenvalue weighted by molar-refractivity contribution is -0.137. The zero-order chi connectivity index (χ0) is 14.9. The van der Waals surface area contributed by atoms with Crippen LogP contribution >= 0.6 is 0 Å². The van der Waals surface area contributed by atoms with E-state index in [-0.39, 0.29) is 11.9 Å². The molecule has 1 heterocycles. The summed E-state index contributed by atoms with van der Waals surface area (Å²) in [6, 6.07) is 3.44. The molecule has 0 saturated carbocycles.